The summed E-state index contributed by atoms with van der Waals surface area (Å²) in [5.74, 6) is 1.57. The van der Waals surface area contributed by atoms with Crippen LogP contribution in [0, 0.1) is 5.92 Å². The van der Waals surface area contributed by atoms with Crippen molar-refractivity contribution in [2.75, 3.05) is 53.9 Å². The average molecular weight is 421 g/mol. The Bertz CT molecular complexity index is 656. The largest absolute Gasteiger partial charge is 0.358 e. The summed E-state index contributed by atoms with van der Waals surface area (Å²) in [5.41, 5.74) is 0. The zero-order chi connectivity index (χ0) is 20.6. The van der Waals surface area contributed by atoms with Crippen molar-refractivity contribution in [1.29, 1.82) is 0 Å². The van der Waals surface area contributed by atoms with Gasteiger partial charge in [-0.25, -0.2) is 0 Å². The molecule has 162 valence electrons. The number of guanidine groups is 1. The van der Waals surface area contributed by atoms with Crippen LogP contribution in [0.4, 0.5) is 0 Å². The second-order valence-corrected chi connectivity index (χ2v) is 9.14. The van der Waals surface area contributed by atoms with E-state index in [-0.39, 0.29) is 5.91 Å². The normalized spacial score (nSPS) is 25.0. The lowest BCUT2D eigenvalue weighted by atomic mass is 9.88. The van der Waals surface area contributed by atoms with E-state index in [0.29, 0.717) is 24.5 Å². The predicted molar refractivity (Wildman–Crippen MR) is 120 cm³/mol. The molecule has 0 spiro atoms. The van der Waals surface area contributed by atoms with Crippen LogP contribution in [-0.4, -0.2) is 81.6 Å². The topological polar surface area (TPSA) is 72.0 Å². The number of carbonyl (C=O) groups is 1. The van der Waals surface area contributed by atoms with Gasteiger partial charge >= 0.3 is 0 Å². The molecule has 0 radical (unpaired) electrons. The average Bonchev–Trinajstić information content (AvgIpc) is 3.26. The van der Waals surface area contributed by atoms with Gasteiger partial charge in [-0.1, -0.05) is 6.07 Å². The lowest BCUT2D eigenvalue weighted by Crippen LogP contribution is -2.51. The SMILES string of the molecule is CN=C(NCC1CCCN(C)C1c1cccs1)NC1CCN(CC(=O)NC)CC1. The van der Waals surface area contributed by atoms with Crippen molar-refractivity contribution in [3.05, 3.63) is 22.4 Å². The maximum absolute atomic E-state index is 11.6. The van der Waals surface area contributed by atoms with E-state index in [1.54, 1.807) is 7.05 Å². The van der Waals surface area contributed by atoms with Gasteiger partial charge in [-0.3, -0.25) is 19.6 Å². The van der Waals surface area contributed by atoms with E-state index in [1.165, 1.54) is 24.3 Å². The number of piperidine rings is 2. The van der Waals surface area contributed by atoms with Gasteiger partial charge in [0.15, 0.2) is 5.96 Å². The molecule has 1 aromatic rings. The van der Waals surface area contributed by atoms with Gasteiger partial charge in [0, 0.05) is 50.7 Å². The van der Waals surface area contributed by atoms with Crippen molar-refractivity contribution >= 4 is 23.2 Å². The Labute approximate surface area is 178 Å². The number of rotatable bonds is 6. The Hall–Kier alpha value is -1.64. The number of likely N-dealkylation sites (N-methyl/N-ethyl adjacent to an activating group) is 1. The fraction of sp³-hybridized carbons (Fsp3) is 0.714. The molecule has 29 heavy (non-hydrogen) atoms. The first kappa shape index (κ1) is 22.1. The minimum absolute atomic E-state index is 0.0895. The highest BCUT2D eigenvalue weighted by Gasteiger charge is 2.31. The zero-order valence-corrected chi connectivity index (χ0v) is 18.8. The Kier molecular flexibility index (Phi) is 8.32. The van der Waals surface area contributed by atoms with E-state index < -0.39 is 0 Å². The standard InChI is InChI=1S/C21H36N6OS/c1-22-19(28)15-27-11-8-17(9-12-27)25-21(23-2)24-14-16-6-4-10-26(3)20(16)18-7-5-13-29-18/h5,7,13,16-17,20H,4,6,8-12,14-15H2,1-3H3,(H,22,28)(H2,23,24,25). The van der Waals surface area contributed by atoms with Crippen molar-refractivity contribution in [3.63, 3.8) is 0 Å². The molecule has 2 atom stereocenters. The molecule has 8 heteroatoms. The van der Waals surface area contributed by atoms with Crippen molar-refractivity contribution in [1.82, 2.24) is 25.8 Å². The van der Waals surface area contributed by atoms with Crippen LogP contribution in [0.5, 0.6) is 0 Å². The zero-order valence-electron chi connectivity index (χ0n) is 18.0. The Morgan fingerprint density at radius 3 is 2.72 bits per heavy atom. The van der Waals surface area contributed by atoms with Crippen LogP contribution in [0.3, 0.4) is 0 Å². The maximum Gasteiger partial charge on any atom is 0.233 e. The summed E-state index contributed by atoms with van der Waals surface area (Å²) in [6, 6.07) is 5.32. The first-order chi connectivity index (χ1) is 14.1. The quantitative estimate of drug-likeness (QED) is 0.481. The summed E-state index contributed by atoms with van der Waals surface area (Å²) in [4.78, 5) is 22.2. The molecule has 2 aliphatic heterocycles. The van der Waals surface area contributed by atoms with Crippen molar-refractivity contribution in [3.8, 4) is 0 Å². The predicted octanol–water partition coefficient (Wildman–Crippen LogP) is 1.51. The van der Waals surface area contributed by atoms with E-state index in [0.717, 1.165) is 38.4 Å². The summed E-state index contributed by atoms with van der Waals surface area (Å²) in [6.45, 7) is 4.48. The molecule has 1 aromatic heterocycles. The van der Waals surface area contributed by atoms with Gasteiger partial charge in [0.2, 0.25) is 5.91 Å². The van der Waals surface area contributed by atoms with Crippen molar-refractivity contribution in [2.24, 2.45) is 10.9 Å². The summed E-state index contributed by atoms with van der Waals surface area (Å²) in [7, 11) is 5.79. The van der Waals surface area contributed by atoms with Gasteiger partial charge in [-0.15, -0.1) is 11.3 Å². The summed E-state index contributed by atoms with van der Waals surface area (Å²) in [6.07, 6.45) is 4.55. The number of carbonyl (C=O) groups excluding carboxylic acids is 1. The Balaban J connectivity index is 1.47. The van der Waals surface area contributed by atoms with E-state index in [9.17, 15) is 4.79 Å². The molecule has 0 saturated carbocycles. The van der Waals surface area contributed by atoms with Crippen LogP contribution in [0.2, 0.25) is 0 Å². The number of hydrogen-bond acceptors (Lipinski definition) is 5. The highest BCUT2D eigenvalue weighted by Crippen LogP contribution is 2.36. The second kappa shape index (κ2) is 10.9. The fourth-order valence-corrected chi connectivity index (χ4v) is 5.50. The van der Waals surface area contributed by atoms with Crippen molar-refractivity contribution < 1.29 is 4.79 Å². The minimum atomic E-state index is 0.0895. The minimum Gasteiger partial charge on any atom is -0.358 e. The van der Waals surface area contributed by atoms with Gasteiger partial charge in [-0.2, -0.15) is 0 Å². The van der Waals surface area contributed by atoms with Crippen LogP contribution < -0.4 is 16.0 Å². The fourth-order valence-electron chi connectivity index (χ4n) is 4.52. The first-order valence-corrected chi connectivity index (χ1v) is 11.6. The molecule has 3 heterocycles. The number of aliphatic imine (C=N–C) groups is 1. The van der Waals surface area contributed by atoms with Gasteiger partial charge in [0.25, 0.3) is 0 Å². The second-order valence-electron chi connectivity index (χ2n) is 8.16. The number of nitrogens with one attached hydrogen (secondary N) is 3. The molecule has 2 unspecified atom stereocenters. The molecule has 2 saturated heterocycles. The molecule has 7 nitrogen and oxygen atoms in total. The molecule has 2 fully saturated rings. The van der Waals surface area contributed by atoms with Gasteiger partial charge in [-0.05, 0) is 56.6 Å². The van der Waals surface area contributed by atoms with E-state index in [4.69, 9.17) is 0 Å². The molecule has 3 rings (SSSR count). The third-order valence-corrected chi connectivity index (χ3v) is 7.11. The van der Waals surface area contributed by atoms with Crippen LogP contribution >= 0.6 is 11.3 Å². The van der Waals surface area contributed by atoms with Gasteiger partial charge in [0.05, 0.1) is 6.54 Å². The lowest BCUT2D eigenvalue weighted by molar-refractivity contribution is -0.122. The summed E-state index contributed by atoms with van der Waals surface area (Å²) < 4.78 is 0. The highest BCUT2D eigenvalue weighted by molar-refractivity contribution is 7.10. The molecule has 0 aliphatic carbocycles. The van der Waals surface area contributed by atoms with Crippen LogP contribution in [0.25, 0.3) is 0 Å². The smallest absolute Gasteiger partial charge is 0.233 e. The summed E-state index contributed by atoms with van der Waals surface area (Å²) >= 11 is 1.86. The Morgan fingerprint density at radius 2 is 2.07 bits per heavy atom. The van der Waals surface area contributed by atoms with E-state index in [1.807, 2.05) is 18.4 Å². The number of amides is 1. The highest BCUT2D eigenvalue weighted by atomic mass is 32.1. The van der Waals surface area contributed by atoms with Crippen LogP contribution in [0.15, 0.2) is 22.5 Å². The molecule has 0 bridgehead atoms. The monoisotopic (exact) mass is 420 g/mol. The number of hydrogen-bond donors (Lipinski definition) is 3. The van der Waals surface area contributed by atoms with E-state index in [2.05, 4.69) is 55.3 Å². The van der Waals surface area contributed by atoms with Gasteiger partial charge < -0.3 is 16.0 Å². The summed E-state index contributed by atoms with van der Waals surface area (Å²) in [5, 5.41) is 12.1. The first-order valence-electron chi connectivity index (χ1n) is 10.7. The Morgan fingerprint density at radius 1 is 1.28 bits per heavy atom. The lowest BCUT2D eigenvalue weighted by Gasteiger charge is -2.39. The molecular weight excluding hydrogens is 384 g/mol. The number of likely N-dealkylation sites (tertiary alicyclic amines) is 2. The third-order valence-electron chi connectivity index (χ3n) is 6.17. The molecule has 2 aliphatic rings. The molecule has 0 aromatic carbocycles. The third kappa shape index (κ3) is 6.17. The molecule has 1 amide bonds. The van der Waals surface area contributed by atoms with Gasteiger partial charge in [0.1, 0.15) is 0 Å². The molecular formula is C21H36N6OS. The molecule has 3 N–H and O–H groups in total. The maximum atomic E-state index is 11.6. The number of nitrogens with zero attached hydrogens (tertiary/aromatic N) is 3. The van der Waals surface area contributed by atoms with Crippen LogP contribution in [0.1, 0.15) is 36.6 Å². The van der Waals surface area contributed by atoms with Crippen LogP contribution in [-0.2, 0) is 4.79 Å². The van der Waals surface area contributed by atoms with E-state index >= 15 is 0 Å². The van der Waals surface area contributed by atoms with Crippen molar-refractivity contribution in [2.45, 2.75) is 37.8 Å². The number of thiophene rings is 1.